The van der Waals surface area contributed by atoms with E-state index in [0.717, 1.165) is 12.3 Å². The molecule has 0 aromatic rings. The van der Waals surface area contributed by atoms with Crippen LogP contribution in [0.4, 0.5) is 0 Å². The van der Waals surface area contributed by atoms with E-state index < -0.39 is 0 Å². The molecule has 0 aromatic heterocycles. The van der Waals surface area contributed by atoms with Crippen LogP contribution >= 0.6 is 8.86 Å². The van der Waals surface area contributed by atoms with Gasteiger partial charge in [0.05, 0.1) is 0 Å². The summed E-state index contributed by atoms with van der Waals surface area (Å²) in [7, 11) is 3.67. The van der Waals surface area contributed by atoms with Gasteiger partial charge in [0.25, 0.3) is 0 Å². The molecule has 0 bridgehead atoms. The third-order valence-electron chi connectivity index (χ3n) is 6.69. The second-order valence-electron chi connectivity index (χ2n) is 9.72. The minimum Gasteiger partial charge on any atom is -0.123 e. The summed E-state index contributed by atoms with van der Waals surface area (Å²) in [6, 6.07) is 0. The molecule has 1 aliphatic carbocycles. The van der Waals surface area contributed by atoms with Gasteiger partial charge < -0.3 is 0 Å². The van der Waals surface area contributed by atoms with Crippen molar-refractivity contribution in [3.05, 3.63) is 24.3 Å². The Hall–Kier alpha value is -0.350. The molecule has 2 atom stereocenters. The standard InChI is InChI=1S/C24H43P/c1-17(2)23(12-10-9-11-22-15-18(3)16-22)20(5)21(6)24(7,8)14-13-19(4)25/h17,21-23,25H,3,5,9-16H2,1-2,4,6-8H3. The van der Waals surface area contributed by atoms with Crippen molar-refractivity contribution in [1.29, 1.82) is 0 Å². The molecule has 0 radical (unpaired) electrons. The number of hydrogen-bond acceptors (Lipinski definition) is 0. The van der Waals surface area contributed by atoms with E-state index in [2.05, 4.69) is 63.6 Å². The molecule has 0 N–H and O–H groups in total. The van der Waals surface area contributed by atoms with Crippen LogP contribution in [0, 0.1) is 29.1 Å². The molecule has 1 fully saturated rings. The first-order valence-electron chi connectivity index (χ1n) is 10.4. The van der Waals surface area contributed by atoms with Gasteiger partial charge in [0.2, 0.25) is 0 Å². The summed E-state index contributed by atoms with van der Waals surface area (Å²) in [5.74, 6) is 2.87. The van der Waals surface area contributed by atoms with E-state index in [0.29, 0.717) is 23.2 Å². The number of hydrogen-bond donors (Lipinski definition) is 0. The minimum atomic E-state index is 0.310. The van der Waals surface area contributed by atoms with Gasteiger partial charge in [-0.3, -0.25) is 0 Å². The normalized spacial score (nSPS) is 18.1. The Balaban J connectivity index is 2.50. The lowest BCUT2D eigenvalue weighted by Crippen LogP contribution is -2.28. The van der Waals surface area contributed by atoms with Gasteiger partial charge in [-0.2, -0.15) is 0 Å². The van der Waals surface area contributed by atoms with E-state index in [9.17, 15) is 0 Å². The summed E-state index contributed by atoms with van der Waals surface area (Å²) < 4.78 is 0. The summed E-state index contributed by atoms with van der Waals surface area (Å²) in [6.45, 7) is 22.8. The predicted molar refractivity (Wildman–Crippen MR) is 119 cm³/mol. The van der Waals surface area contributed by atoms with Crippen LogP contribution < -0.4 is 0 Å². The summed E-state index contributed by atoms with van der Waals surface area (Å²) >= 11 is 0. The first-order chi connectivity index (χ1) is 11.5. The molecule has 1 heteroatoms. The van der Waals surface area contributed by atoms with Crippen molar-refractivity contribution in [3.63, 3.8) is 0 Å². The quantitative estimate of drug-likeness (QED) is 0.187. The average Bonchev–Trinajstić information content (AvgIpc) is 2.49. The van der Waals surface area contributed by atoms with E-state index in [-0.39, 0.29) is 0 Å². The highest BCUT2D eigenvalue weighted by molar-refractivity contribution is 7.20. The Kier molecular flexibility index (Phi) is 9.17. The zero-order valence-electron chi connectivity index (χ0n) is 17.9. The zero-order valence-corrected chi connectivity index (χ0v) is 18.9. The minimum absolute atomic E-state index is 0.310. The highest BCUT2D eigenvalue weighted by atomic mass is 31.0. The van der Waals surface area contributed by atoms with Crippen LogP contribution in [-0.2, 0) is 0 Å². The van der Waals surface area contributed by atoms with Gasteiger partial charge in [0, 0.05) is 0 Å². The maximum Gasteiger partial charge on any atom is -0.0180 e. The summed E-state index contributed by atoms with van der Waals surface area (Å²) in [5.41, 5.74) is 3.26. The van der Waals surface area contributed by atoms with E-state index in [1.165, 1.54) is 61.4 Å². The first kappa shape index (κ1) is 22.7. The first-order valence-corrected chi connectivity index (χ1v) is 10.9. The fourth-order valence-electron chi connectivity index (χ4n) is 4.25. The largest absolute Gasteiger partial charge is 0.123 e. The van der Waals surface area contributed by atoms with Gasteiger partial charge in [-0.15, -0.1) is 8.86 Å². The summed E-state index contributed by atoms with van der Waals surface area (Å²) in [5, 5.41) is 1.35. The van der Waals surface area contributed by atoms with E-state index in [1.807, 2.05) is 0 Å². The van der Waals surface area contributed by atoms with E-state index >= 15 is 0 Å². The van der Waals surface area contributed by atoms with Gasteiger partial charge >= 0.3 is 0 Å². The van der Waals surface area contributed by atoms with Gasteiger partial charge in [0.15, 0.2) is 0 Å². The van der Waals surface area contributed by atoms with Crippen molar-refractivity contribution < 1.29 is 0 Å². The molecule has 0 spiro atoms. The van der Waals surface area contributed by atoms with Crippen LogP contribution in [0.15, 0.2) is 24.3 Å². The molecule has 0 aromatic carbocycles. The van der Waals surface area contributed by atoms with Crippen molar-refractivity contribution in [3.8, 4) is 0 Å². The molecule has 2 unspecified atom stereocenters. The Morgan fingerprint density at radius 2 is 1.80 bits per heavy atom. The molecule has 0 nitrogen and oxygen atoms in total. The second-order valence-corrected chi connectivity index (χ2v) is 10.6. The highest BCUT2D eigenvalue weighted by Gasteiger charge is 2.31. The van der Waals surface area contributed by atoms with Crippen molar-refractivity contribution >= 4 is 14.2 Å². The molecule has 0 saturated heterocycles. The average molecular weight is 363 g/mol. The Morgan fingerprint density at radius 3 is 2.28 bits per heavy atom. The predicted octanol–water partition coefficient (Wildman–Crippen LogP) is 8.12. The maximum absolute atomic E-state index is 4.59. The number of allylic oxidation sites excluding steroid dienone is 2. The molecule has 1 aliphatic rings. The molecule has 144 valence electrons. The van der Waals surface area contributed by atoms with Crippen LogP contribution in [0.1, 0.15) is 92.9 Å². The van der Waals surface area contributed by atoms with Crippen molar-refractivity contribution in [1.82, 2.24) is 0 Å². The molecule has 0 aliphatic heterocycles. The van der Waals surface area contributed by atoms with Gasteiger partial charge in [-0.05, 0) is 74.5 Å². The van der Waals surface area contributed by atoms with Crippen molar-refractivity contribution in [2.45, 2.75) is 92.9 Å². The highest BCUT2D eigenvalue weighted by Crippen LogP contribution is 2.42. The van der Waals surface area contributed by atoms with Crippen LogP contribution in [0.2, 0.25) is 0 Å². The second kappa shape index (κ2) is 10.1. The third-order valence-corrected chi connectivity index (χ3v) is 6.94. The molecular formula is C24H43P. The molecule has 1 saturated carbocycles. The Bertz CT molecular complexity index is 460. The lowest BCUT2D eigenvalue weighted by molar-refractivity contribution is 0.219. The molecule has 0 amide bonds. The topological polar surface area (TPSA) is 0 Å². The van der Waals surface area contributed by atoms with Crippen molar-refractivity contribution in [2.24, 2.45) is 29.1 Å². The Labute approximate surface area is 160 Å². The molecule has 25 heavy (non-hydrogen) atoms. The monoisotopic (exact) mass is 362 g/mol. The van der Waals surface area contributed by atoms with Crippen LogP contribution in [0.5, 0.6) is 0 Å². The van der Waals surface area contributed by atoms with Crippen molar-refractivity contribution in [2.75, 3.05) is 0 Å². The fraction of sp³-hybridized carbons (Fsp3) is 0.792. The summed E-state index contributed by atoms with van der Waals surface area (Å²) in [6.07, 6.45) is 10.4. The fourth-order valence-corrected chi connectivity index (χ4v) is 4.38. The zero-order chi connectivity index (χ0) is 19.2. The van der Waals surface area contributed by atoms with Gasteiger partial charge in [0.1, 0.15) is 0 Å². The van der Waals surface area contributed by atoms with Gasteiger partial charge in [-0.1, -0.05) is 77.1 Å². The smallest absolute Gasteiger partial charge is 0.0180 e. The number of unbranched alkanes of at least 4 members (excludes halogenated alkanes) is 1. The lowest BCUT2D eigenvalue weighted by atomic mass is 9.67. The van der Waals surface area contributed by atoms with E-state index in [4.69, 9.17) is 0 Å². The SMILES string of the molecule is C=C1CC(CCCCC(C(=C)C(C)C(C)(C)CCC(C)=P)C(C)C)C1. The molecular weight excluding hydrogens is 319 g/mol. The van der Waals surface area contributed by atoms with Gasteiger partial charge in [-0.25, -0.2) is 0 Å². The molecule has 0 heterocycles. The summed E-state index contributed by atoms with van der Waals surface area (Å²) in [4.78, 5) is 0. The number of rotatable bonds is 12. The van der Waals surface area contributed by atoms with Crippen LogP contribution in [-0.4, -0.2) is 5.29 Å². The molecule has 1 rings (SSSR count). The lowest BCUT2D eigenvalue weighted by Gasteiger charge is -2.38. The van der Waals surface area contributed by atoms with E-state index in [1.54, 1.807) is 0 Å². The van der Waals surface area contributed by atoms with Crippen LogP contribution in [0.25, 0.3) is 0 Å². The van der Waals surface area contributed by atoms with Crippen LogP contribution in [0.3, 0.4) is 0 Å². The third kappa shape index (κ3) is 7.42. The maximum atomic E-state index is 4.59. The Morgan fingerprint density at radius 1 is 1.20 bits per heavy atom.